The van der Waals surface area contributed by atoms with Gasteiger partial charge in [-0.3, -0.25) is 4.79 Å². The predicted octanol–water partition coefficient (Wildman–Crippen LogP) is 4.92. The molecule has 1 amide bonds. The van der Waals surface area contributed by atoms with E-state index in [9.17, 15) is 9.18 Å². The smallest absolute Gasteiger partial charge is 0.254 e. The van der Waals surface area contributed by atoms with Crippen molar-refractivity contribution in [1.82, 2.24) is 5.32 Å². The predicted molar refractivity (Wildman–Crippen MR) is 84.4 cm³/mol. The van der Waals surface area contributed by atoms with Crippen molar-refractivity contribution in [2.24, 2.45) is 5.41 Å². The van der Waals surface area contributed by atoms with Crippen LogP contribution in [0.5, 0.6) is 0 Å². The van der Waals surface area contributed by atoms with Crippen molar-refractivity contribution in [3.8, 4) is 0 Å². The highest BCUT2D eigenvalue weighted by Crippen LogP contribution is 2.23. The Bertz CT molecular complexity index is 460. The summed E-state index contributed by atoms with van der Waals surface area (Å²) in [6, 6.07) is 4.74. The van der Waals surface area contributed by atoms with Crippen LogP contribution in [0, 0.1) is 11.2 Å². The minimum Gasteiger partial charge on any atom is -0.351 e. The number of unbranched alkanes of at least 4 members (excludes halogenated alkanes) is 2. The Balaban J connectivity index is 2.56. The molecule has 0 atom stereocenters. The van der Waals surface area contributed by atoms with Crippen LogP contribution in [0.15, 0.2) is 22.7 Å². The molecule has 1 aromatic rings. The number of halogens is 2. The molecule has 0 fully saturated rings. The fourth-order valence-corrected chi connectivity index (χ4v) is 2.40. The summed E-state index contributed by atoms with van der Waals surface area (Å²) in [4.78, 5) is 12.0. The molecule has 0 aromatic heterocycles. The Labute approximate surface area is 129 Å². The maximum absolute atomic E-state index is 13.8. The van der Waals surface area contributed by atoms with Crippen LogP contribution >= 0.6 is 15.9 Å². The standard InChI is InChI=1S/C16H23BrFNO/c1-4-5-6-10-16(2,3)11-19-15(20)12-8-7-9-13(17)14(12)18/h7-9H,4-6,10-11H2,1-3H3,(H,19,20). The zero-order valence-corrected chi connectivity index (χ0v) is 14.0. The van der Waals surface area contributed by atoms with Gasteiger partial charge in [0.2, 0.25) is 0 Å². The van der Waals surface area contributed by atoms with Gasteiger partial charge in [-0.2, -0.15) is 0 Å². The van der Waals surface area contributed by atoms with E-state index in [0.717, 1.165) is 12.8 Å². The molecule has 1 rings (SSSR count). The van der Waals surface area contributed by atoms with E-state index in [1.54, 1.807) is 12.1 Å². The molecular weight excluding hydrogens is 321 g/mol. The second-order valence-corrected chi connectivity index (χ2v) is 6.76. The normalized spacial score (nSPS) is 11.4. The molecule has 0 heterocycles. The van der Waals surface area contributed by atoms with Crippen molar-refractivity contribution >= 4 is 21.8 Å². The number of nitrogens with one attached hydrogen (secondary N) is 1. The Morgan fingerprint density at radius 3 is 2.70 bits per heavy atom. The fraction of sp³-hybridized carbons (Fsp3) is 0.562. The monoisotopic (exact) mass is 343 g/mol. The first kappa shape index (κ1) is 17.2. The van der Waals surface area contributed by atoms with E-state index in [1.165, 1.54) is 18.9 Å². The van der Waals surface area contributed by atoms with Crippen molar-refractivity contribution < 1.29 is 9.18 Å². The lowest BCUT2D eigenvalue weighted by molar-refractivity contribution is 0.0930. The zero-order chi connectivity index (χ0) is 15.2. The van der Waals surface area contributed by atoms with Crippen molar-refractivity contribution in [1.29, 1.82) is 0 Å². The summed E-state index contributed by atoms with van der Waals surface area (Å²) in [6.45, 7) is 6.98. The van der Waals surface area contributed by atoms with Crippen molar-refractivity contribution in [3.63, 3.8) is 0 Å². The van der Waals surface area contributed by atoms with Gasteiger partial charge in [0.25, 0.3) is 5.91 Å². The van der Waals surface area contributed by atoms with Gasteiger partial charge in [-0.25, -0.2) is 4.39 Å². The first-order chi connectivity index (χ1) is 9.37. The van der Waals surface area contributed by atoms with Gasteiger partial charge >= 0.3 is 0 Å². The Morgan fingerprint density at radius 1 is 1.35 bits per heavy atom. The van der Waals surface area contributed by atoms with Crippen LogP contribution in [0.2, 0.25) is 0 Å². The van der Waals surface area contributed by atoms with Gasteiger partial charge in [0.05, 0.1) is 10.0 Å². The molecule has 0 saturated carbocycles. The molecule has 112 valence electrons. The molecule has 4 heteroatoms. The highest BCUT2D eigenvalue weighted by Gasteiger charge is 2.20. The average molecular weight is 344 g/mol. The molecule has 0 aliphatic rings. The van der Waals surface area contributed by atoms with E-state index in [4.69, 9.17) is 0 Å². The Hall–Kier alpha value is -0.900. The number of hydrogen-bond acceptors (Lipinski definition) is 1. The highest BCUT2D eigenvalue weighted by atomic mass is 79.9. The molecular formula is C16H23BrFNO. The largest absolute Gasteiger partial charge is 0.351 e. The van der Waals surface area contributed by atoms with Gasteiger partial charge < -0.3 is 5.32 Å². The van der Waals surface area contributed by atoms with Gasteiger partial charge in [-0.05, 0) is 39.9 Å². The van der Waals surface area contributed by atoms with Crippen molar-refractivity contribution in [2.75, 3.05) is 6.54 Å². The molecule has 0 unspecified atom stereocenters. The summed E-state index contributed by atoms with van der Waals surface area (Å²) >= 11 is 3.09. The van der Waals surface area contributed by atoms with Crippen LogP contribution < -0.4 is 5.32 Å². The first-order valence-corrected chi connectivity index (χ1v) is 7.89. The van der Waals surface area contributed by atoms with Gasteiger partial charge in [0.15, 0.2) is 0 Å². The maximum Gasteiger partial charge on any atom is 0.254 e. The van der Waals surface area contributed by atoms with Crippen LogP contribution in [0.25, 0.3) is 0 Å². The summed E-state index contributed by atoms with van der Waals surface area (Å²) < 4.78 is 14.1. The van der Waals surface area contributed by atoms with E-state index >= 15 is 0 Å². The van der Waals surface area contributed by atoms with Crippen molar-refractivity contribution in [3.05, 3.63) is 34.1 Å². The Kier molecular flexibility index (Phi) is 6.66. The maximum atomic E-state index is 13.8. The van der Waals surface area contributed by atoms with E-state index in [0.29, 0.717) is 11.0 Å². The van der Waals surface area contributed by atoms with Gasteiger partial charge in [0, 0.05) is 6.54 Å². The molecule has 0 aliphatic heterocycles. The second kappa shape index (κ2) is 7.77. The molecule has 0 bridgehead atoms. The molecule has 0 saturated heterocycles. The third-order valence-corrected chi connectivity index (χ3v) is 3.99. The van der Waals surface area contributed by atoms with Crippen LogP contribution in [0.1, 0.15) is 56.8 Å². The number of carbonyl (C=O) groups excluding carboxylic acids is 1. The van der Waals surface area contributed by atoms with Gasteiger partial charge in [-0.15, -0.1) is 0 Å². The lowest BCUT2D eigenvalue weighted by Gasteiger charge is -2.25. The Morgan fingerprint density at radius 2 is 2.05 bits per heavy atom. The number of amides is 1. The number of carbonyl (C=O) groups is 1. The topological polar surface area (TPSA) is 29.1 Å². The zero-order valence-electron chi connectivity index (χ0n) is 12.4. The summed E-state index contributed by atoms with van der Waals surface area (Å²) in [5, 5.41) is 2.83. The molecule has 20 heavy (non-hydrogen) atoms. The van der Waals surface area contributed by atoms with E-state index in [2.05, 4.69) is 42.0 Å². The average Bonchev–Trinajstić information content (AvgIpc) is 2.39. The van der Waals surface area contributed by atoms with E-state index < -0.39 is 5.82 Å². The summed E-state index contributed by atoms with van der Waals surface area (Å²) in [6.07, 6.45) is 4.61. The first-order valence-electron chi connectivity index (χ1n) is 7.09. The molecule has 1 N–H and O–H groups in total. The van der Waals surface area contributed by atoms with Crippen LogP contribution in [0.4, 0.5) is 4.39 Å². The summed E-state index contributed by atoms with van der Waals surface area (Å²) in [7, 11) is 0. The van der Waals surface area contributed by atoms with Crippen LogP contribution in [-0.4, -0.2) is 12.5 Å². The summed E-state index contributed by atoms with van der Waals surface area (Å²) in [5.41, 5.74) is 0.122. The SMILES string of the molecule is CCCCCC(C)(C)CNC(=O)c1cccc(Br)c1F. The molecule has 1 aromatic carbocycles. The lowest BCUT2D eigenvalue weighted by atomic mass is 9.87. The van der Waals surface area contributed by atoms with Gasteiger partial charge in [0.1, 0.15) is 5.82 Å². The molecule has 0 aliphatic carbocycles. The quantitative estimate of drug-likeness (QED) is 0.699. The van der Waals surface area contributed by atoms with E-state index in [1.807, 2.05) is 0 Å². The molecule has 0 spiro atoms. The minimum absolute atomic E-state index is 0.0350. The van der Waals surface area contributed by atoms with Crippen LogP contribution in [0.3, 0.4) is 0 Å². The fourth-order valence-electron chi connectivity index (χ4n) is 2.04. The third-order valence-electron chi connectivity index (χ3n) is 3.38. The second-order valence-electron chi connectivity index (χ2n) is 5.91. The number of benzene rings is 1. The minimum atomic E-state index is -0.506. The van der Waals surface area contributed by atoms with E-state index in [-0.39, 0.29) is 16.9 Å². The number of rotatable bonds is 7. The molecule has 0 radical (unpaired) electrons. The highest BCUT2D eigenvalue weighted by molar-refractivity contribution is 9.10. The van der Waals surface area contributed by atoms with Crippen LogP contribution in [-0.2, 0) is 0 Å². The lowest BCUT2D eigenvalue weighted by Crippen LogP contribution is -2.34. The van der Waals surface area contributed by atoms with Crippen molar-refractivity contribution in [2.45, 2.75) is 46.5 Å². The molecule has 2 nitrogen and oxygen atoms in total. The van der Waals surface area contributed by atoms with Gasteiger partial charge in [-0.1, -0.05) is 46.1 Å². The number of hydrogen-bond donors (Lipinski definition) is 1. The third kappa shape index (κ3) is 5.23. The summed E-state index contributed by atoms with van der Waals surface area (Å²) in [5.74, 6) is -0.860.